The van der Waals surface area contributed by atoms with Crippen molar-refractivity contribution in [2.24, 2.45) is 0 Å². The highest BCUT2D eigenvalue weighted by Crippen LogP contribution is 2.31. The summed E-state index contributed by atoms with van der Waals surface area (Å²) in [5, 5.41) is 2.81. The van der Waals surface area contributed by atoms with Gasteiger partial charge >= 0.3 is 0 Å². The summed E-state index contributed by atoms with van der Waals surface area (Å²) in [6.07, 6.45) is 0.742. The maximum atomic E-state index is 13.7. The Labute approximate surface area is 142 Å². The Morgan fingerprint density at radius 1 is 1.08 bits per heavy atom. The van der Waals surface area contributed by atoms with Crippen LogP contribution in [0.1, 0.15) is 22.2 Å². The van der Waals surface area contributed by atoms with Gasteiger partial charge in [0.2, 0.25) is 0 Å². The Balaban J connectivity index is 1.91. The molecule has 6 heteroatoms. The Hall–Kier alpha value is -2.60. The zero-order valence-electron chi connectivity index (χ0n) is 12.8. The van der Waals surface area contributed by atoms with E-state index in [0.29, 0.717) is 5.13 Å². The number of anilines is 1. The average molecular weight is 344 g/mol. The van der Waals surface area contributed by atoms with Crippen molar-refractivity contribution in [2.75, 3.05) is 5.32 Å². The number of nitrogens with zero attached hydrogens (tertiary/aromatic N) is 1. The van der Waals surface area contributed by atoms with Crippen molar-refractivity contribution in [3.8, 4) is 11.3 Å². The number of hydrogen-bond donors (Lipinski definition) is 1. The smallest absolute Gasteiger partial charge is 0.263 e. The number of benzene rings is 2. The molecule has 1 N–H and O–H groups in total. The molecule has 0 bridgehead atoms. The normalized spacial score (nSPS) is 10.6. The van der Waals surface area contributed by atoms with Gasteiger partial charge < -0.3 is 0 Å². The number of rotatable bonds is 4. The third-order valence-electron chi connectivity index (χ3n) is 3.48. The molecule has 0 saturated heterocycles. The predicted molar refractivity (Wildman–Crippen MR) is 91.2 cm³/mol. The Bertz CT molecular complexity index is 858. The fourth-order valence-electron chi connectivity index (χ4n) is 2.34. The number of amides is 1. The number of hydrogen-bond acceptors (Lipinski definition) is 3. The van der Waals surface area contributed by atoms with Crippen LogP contribution in [0, 0.1) is 11.6 Å². The first kappa shape index (κ1) is 16.3. The molecule has 1 aromatic heterocycles. The van der Waals surface area contributed by atoms with Crippen LogP contribution in [-0.4, -0.2) is 10.9 Å². The molecule has 3 nitrogen and oxygen atoms in total. The van der Waals surface area contributed by atoms with Crippen molar-refractivity contribution >= 4 is 22.4 Å². The molecule has 24 heavy (non-hydrogen) atoms. The lowest BCUT2D eigenvalue weighted by Crippen LogP contribution is -2.15. The number of thiazole rings is 1. The minimum Gasteiger partial charge on any atom is -0.298 e. The van der Waals surface area contributed by atoms with E-state index < -0.39 is 23.1 Å². The maximum absolute atomic E-state index is 13.7. The van der Waals surface area contributed by atoms with Crippen molar-refractivity contribution in [3.05, 3.63) is 70.6 Å². The molecule has 0 saturated carbocycles. The standard InChI is InChI=1S/C18H14F2N2OS/c1-2-14-16(11-7-4-3-5-8-11)21-18(24-14)22-17(23)15-12(19)9-6-10-13(15)20/h3-10H,2H2,1H3,(H,21,22,23). The van der Waals surface area contributed by atoms with E-state index in [4.69, 9.17) is 0 Å². The summed E-state index contributed by atoms with van der Waals surface area (Å²) < 4.78 is 27.4. The first-order valence-electron chi connectivity index (χ1n) is 7.40. The van der Waals surface area contributed by atoms with Gasteiger partial charge in [-0.3, -0.25) is 10.1 Å². The topological polar surface area (TPSA) is 42.0 Å². The molecule has 122 valence electrons. The second-order valence-electron chi connectivity index (χ2n) is 5.06. The van der Waals surface area contributed by atoms with Gasteiger partial charge in [-0.05, 0) is 18.6 Å². The van der Waals surface area contributed by atoms with E-state index in [2.05, 4.69) is 10.3 Å². The molecule has 2 aromatic carbocycles. The zero-order valence-corrected chi connectivity index (χ0v) is 13.7. The number of aromatic nitrogens is 1. The summed E-state index contributed by atoms with van der Waals surface area (Å²) in [4.78, 5) is 17.6. The van der Waals surface area contributed by atoms with Crippen LogP contribution in [-0.2, 0) is 6.42 Å². The summed E-state index contributed by atoms with van der Waals surface area (Å²) in [5.41, 5.74) is 1.10. The molecule has 0 atom stereocenters. The quantitative estimate of drug-likeness (QED) is 0.731. The Kier molecular flexibility index (Phi) is 4.66. The lowest BCUT2D eigenvalue weighted by atomic mass is 10.1. The molecule has 0 radical (unpaired) electrons. The molecule has 0 aliphatic rings. The fourth-order valence-corrected chi connectivity index (χ4v) is 3.26. The van der Waals surface area contributed by atoms with Gasteiger partial charge in [0, 0.05) is 10.4 Å². The van der Waals surface area contributed by atoms with Gasteiger partial charge in [-0.1, -0.05) is 43.3 Å². The van der Waals surface area contributed by atoms with Crippen LogP contribution in [0.3, 0.4) is 0 Å². The molecule has 1 heterocycles. The molecular weight excluding hydrogens is 330 g/mol. The minimum absolute atomic E-state index is 0.318. The van der Waals surface area contributed by atoms with Crippen LogP contribution in [0.2, 0.25) is 0 Å². The highest BCUT2D eigenvalue weighted by atomic mass is 32.1. The van der Waals surface area contributed by atoms with Crippen LogP contribution < -0.4 is 5.32 Å². The highest BCUT2D eigenvalue weighted by Gasteiger charge is 2.19. The van der Waals surface area contributed by atoms with E-state index in [1.807, 2.05) is 37.3 Å². The first-order chi connectivity index (χ1) is 11.6. The summed E-state index contributed by atoms with van der Waals surface area (Å²) in [6.45, 7) is 1.99. The van der Waals surface area contributed by atoms with Crippen molar-refractivity contribution in [1.29, 1.82) is 0 Å². The molecule has 3 aromatic rings. The van der Waals surface area contributed by atoms with E-state index in [1.54, 1.807) is 0 Å². The van der Waals surface area contributed by atoms with Crippen LogP contribution in [0.15, 0.2) is 48.5 Å². The third kappa shape index (κ3) is 3.19. The first-order valence-corrected chi connectivity index (χ1v) is 8.22. The number of aryl methyl sites for hydroxylation is 1. The van der Waals surface area contributed by atoms with Crippen molar-refractivity contribution in [3.63, 3.8) is 0 Å². The van der Waals surface area contributed by atoms with Crippen molar-refractivity contribution in [2.45, 2.75) is 13.3 Å². The lowest BCUT2D eigenvalue weighted by molar-refractivity contribution is 0.101. The van der Waals surface area contributed by atoms with E-state index >= 15 is 0 Å². The third-order valence-corrected chi connectivity index (χ3v) is 4.59. The van der Waals surface area contributed by atoms with Gasteiger partial charge in [-0.15, -0.1) is 11.3 Å². The molecule has 0 unspecified atom stereocenters. The van der Waals surface area contributed by atoms with Gasteiger partial charge in [-0.25, -0.2) is 13.8 Å². The fraction of sp³-hybridized carbons (Fsp3) is 0.111. The molecule has 0 spiro atoms. The van der Waals surface area contributed by atoms with Crippen molar-refractivity contribution < 1.29 is 13.6 Å². The molecule has 1 amide bonds. The van der Waals surface area contributed by atoms with E-state index in [9.17, 15) is 13.6 Å². The van der Waals surface area contributed by atoms with Gasteiger partial charge in [0.1, 0.15) is 17.2 Å². The van der Waals surface area contributed by atoms with Crippen LogP contribution >= 0.6 is 11.3 Å². The van der Waals surface area contributed by atoms with E-state index in [1.165, 1.54) is 17.4 Å². The van der Waals surface area contributed by atoms with Crippen molar-refractivity contribution in [1.82, 2.24) is 4.98 Å². The van der Waals surface area contributed by atoms with E-state index in [0.717, 1.165) is 34.7 Å². The van der Waals surface area contributed by atoms with Gasteiger partial charge in [0.05, 0.1) is 5.69 Å². The van der Waals surface area contributed by atoms with Crippen LogP contribution in [0.25, 0.3) is 11.3 Å². The minimum atomic E-state index is -0.900. The predicted octanol–water partition coefficient (Wildman–Crippen LogP) is 4.90. The SMILES string of the molecule is CCc1sc(NC(=O)c2c(F)cccc2F)nc1-c1ccccc1. The molecule has 0 aliphatic carbocycles. The molecule has 0 aliphatic heterocycles. The van der Waals surface area contributed by atoms with Crippen LogP contribution in [0.4, 0.5) is 13.9 Å². The Morgan fingerprint density at radius 3 is 2.38 bits per heavy atom. The zero-order chi connectivity index (χ0) is 17.1. The monoisotopic (exact) mass is 344 g/mol. The average Bonchev–Trinajstić information content (AvgIpc) is 2.98. The lowest BCUT2D eigenvalue weighted by Gasteiger charge is -2.04. The molecule has 0 fully saturated rings. The summed E-state index contributed by atoms with van der Waals surface area (Å²) in [6, 6.07) is 12.9. The number of halogens is 2. The number of carbonyl (C=O) groups excluding carboxylic acids is 1. The molecule has 3 rings (SSSR count). The Morgan fingerprint density at radius 2 is 1.75 bits per heavy atom. The largest absolute Gasteiger partial charge is 0.298 e. The maximum Gasteiger partial charge on any atom is 0.263 e. The second kappa shape index (κ2) is 6.88. The molecular formula is C18H14F2N2OS. The number of carbonyl (C=O) groups is 1. The number of nitrogens with one attached hydrogen (secondary N) is 1. The summed E-state index contributed by atoms with van der Waals surface area (Å²) >= 11 is 1.30. The van der Waals surface area contributed by atoms with Gasteiger partial charge in [-0.2, -0.15) is 0 Å². The highest BCUT2D eigenvalue weighted by molar-refractivity contribution is 7.16. The van der Waals surface area contributed by atoms with Crippen LogP contribution in [0.5, 0.6) is 0 Å². The van der Waals surface area contributed by atoms with E-state index in [-0.39, 0.29) is 0 Å². The van der Waals surface area contributed by atoms with Gasteiger partial charge in [0.25, 0.3) is 5.91 Å². The summed E-state index contributed by atoms with van der Waals surface area (Å²) in [5.74, 6) is -2.65. The summed E-state index contributed by atoms with van der Waals surface area (Å²) in [7, 11) is 0. The second-order valence-corrected chi connectivity index (χ2v) is 6.14. The van der Waals surface area contributed by atoms with Gasteiger partial charge in [0.15, 0.2) is 5.13 Å².